The van der Waals surface area contributed by atoms with E-state index in [2.05, 4.69) is 5.32 Å². The first kappa shape index (κ1) is 16.1. The normalized spacial score (nSPS) is 15.7. The van der Waals surface area contributed by atoms with Crippen molar-refractivity contribution in [1.82, 2.24) is 10.2 Å². The van der Waals surface area contributed by atoms with Crippen molar-refractivity contribution >= 4 is 17.5 Å². The topological polar surface area (TPSA) is 41.6 Å². The summed E-state index contributed by atoms with van der Waals surface area (Å²) < 4.78 is 5.53. The molecule has 1 aliphatic heterocycles. The first-order valence-electron chi connectivity index (χ1n) is 7.56. The zero-order valence-electron chi connectivity index (χ0n) is 12.5. The molecule has 0 aliphatic carbocycles. The van der Waals surface area contributed by atoms with Gasteiger partial charge in [-0.3, -0.25) is 4.79 Å². The first-order valence-corrected chi connectivity index (χ1v) is 7.93. The van der Waals surface area contributed by atoms with Crippen molar-refractivity contribution in [3.8, 4) is 5.75 Å². The molecule has 21 heavy (non-hydrogen) atoms. The third-order valence-corrected chi connectivity index (χ3v) is 4.10. The highest BCUT2D eigenvalue weighted by molar-refractivity contribution is 6.30. The van der Waals surface area contributed by atoms with E-state index >= 15 is 0 Å². The second-order valence-electron chi connectivity index (χ2n) is 5.37. The van der Waals surface area contributed by atoms with Crippen LogP contribution < -0.4 is 10.1 Å². The van der Waals surface area contributed by atoms with Crippen LogP contribution in [0.25, 0.3) is 0 Å². The molecule has 1 saturated heterocycles. The van der Waals surface area contributed by atoms with Gasteiger partial charge in [-0.1, -0.05) is 11.6 Å². The summed E-state index contributed by atoms with van der Waals surface area (Å²) in [5.41, 5.74) is 0. The highest BCUT2D eigenvalue weighted by Gasteiger charge is 2.19. The summed E-state index contributed by atoms with van der Waals surface area (Å²) in [6, 6.07) is 7.07. The van der Waals surface area contributed by atoms with Gasteiger partial charge in [0.1, 0.15) is 5.75 Å². The molecule has 1 aromatic rings. The van der Waals surface area contributed by atoms with Crippen molar-refractivity contribution in [3.63, 3.8) is 0 Å². The Morgan fingerprint density at radius 1 is 1.33 bits per heavy atom. The number of hydrogen-bond donors (Lipinski definition) is 1. The van der Waals surface area contributed by atoms with Crippen LogP contribution in [0.3, 0.4) is 0 Å². The van der Waals surface area contributed by atoms with Crippen LogP contribution in [0.4, 0.5) is 0 Å². The van der Waals surface area contributed by atoms with Crippen LogP contribution in [0.15, 0.2) is 24.3 Å². The molecule has 0 atom stereocenters. The summed E-state index contributed by atoms with van der Waals surface area (Å²) in [6.45, 7) is 5.77. The monoisotopic (exact) mass is 310 g/mol. The van der Waals surface area contributed by atoms with Gasteiger partial charge in [-0.05, 0) is 63.0 Å². The number of carbonyl (C=O) groups is 1. The zero-order valence-corrected chi connectivity index (χ0v) is 13.2. The van der Waals surface area contributed by atoms with Gasteiger partial charge in [-0.2, -0.15) is 0 Å². The Hall–Kier alpha value is -1.26. The van der Waals surface area contributed by atoms with Crippen molar-refractivity contribution < 1.29 is 9.53 Å². The van der Waals surface area contributed by atoms with Gasteiger partial charge in [0.15, 0.2) is 6.61 Å². The fourth-order valence-electron chi connectivity index (χ4n) is 2.55. The van der Waals surface area contributed by atoms with Gasteiger partial charge in [-0.15, -0.1) is 0 Å². The fraction of sp³-hybridized carbons (Fsp3) is 0.562. The number of benzene rings is 1. The number of nitrogens with zero attached hydrogens (tertiary/aromatic N) is 1. The molecule has 0 unspecified atom stereocenters. The molecular weight excluding hydrogens is 288 g/mol. The summed E-state index contributed by atoms with van der Waals surface area (Å²) in [4.78, 5) is 14.1. The molecule has 1 N–H and O–H groups in total. The minimum Gasteiger partial charge on any atom is -0.484 e. The summed E-state index contributed by atoms with van der Waals surface area (Å²) >= 11 is 5.82. The number of rotatable bonds is 6. The van der Waals surface area contributed by atoms with Gasteiger partial charge in [0.05, 0.1) is 0 Å². The van der Waals surface area contributed by atoms with Gasteiger partial charge in [-0.25, -0.2) is 0 Å². The Bertz CT molecular complexity index is 444. The van der Waals surface area contributed by atoms with Gasteiger partial charge >= 0.3 is 0 Å². The highest BCUT2D eigenvalue weighted by Crippen LogP contribution is 2.16. The van der Waals surface area contributed by atoms with Crippen LogP contribution in [0.2, 0.25) is 5.02 Å². The van der Waals surface area contributed by atoms with E-state index in [4.69, 9.17) is 16.3 Å². The highest BCUT2D eigenvalue weighted by atomic mass is 35.5. The Morgan fingerprint density at radius 2 is 2.00 bits per heavy atom. The van der Waals surface area contributed by atoms with E-state index < -0.39 is 0 Å². The lowest BCUT2D eigenvalue weighted by Gasteiger charge is -2.29. The van der Waals surface area contributed by atoms with E-state index in [9.17, 15) is 4.79 Å². The predicted octanol–water partition coefficient (Wildman–Crippen LogP) is 2.57. The molecule has 116 valence electrons. The number of halogens is 1. The van der Waals surface area contributed by atoms with E-state index in [1.165, 1.54) is 0 Å². The minimum absolute atomic E-state index is 0.0472. The van der Waals surface area contributed by atoms with Crippen molar-refractivity contribution in [1.29, 1.82) is 0 Å². The van der Waals surface area contributed by atoms with E-state index in [-0.39, 0.29) is 12.5 Å². The zero-order chi connectivity index (χ0) is 15.1. The van der Waals surface area contributed by atoms with Crippen molar-refractivity contribution in [2.24, 2.45) is 5.92 Å². The molecule has 2 rings (SSSR count). The molecule has 0 bridgehead atoms. The van der Waals surface area contributed by atoms with Crippen LogP contribution in [0, 0.1) is 5.92 Å². The number of hydrogen-bond acceptors (Lipinski definition) is 3. The van der Waals surface area contributed by atoms with E-state index in [1.54, 1.807) is 24.3 Å². The number of nitrogens with one attached hydrogen (secondary N) is 1. The van der Waals surface area contributed by atoms with Crippen LogP contribution in [-0.2, 0) is 4.79 Å². The molecule has 5 heteroatoms. The molecule has 1 fully saturated rings. The molecule has 4 nitrogen and oxygen atoms in total. The SMILES string of the molecule is CCN(CC1CCNCC1)C(=O)COc1ccc(Cl)cc1. The molecule has 0 spiro atoms. The average Bonchev–Trinajstić information content (AvgIpc) is 2.52. The lowest BCUT2D eigenvalue weighted by Crippen LogP contribution is -2.41. The van der Waals surface area contributed by atoms with Crippen LogP contribution >= 0.6 is 11.6 Å². The third kappa shape index (κ3) is 5.21. The van der Waals surface area contributed by atoms with Crippen LogP contribution in [0.1, 0.15) is 19.8 Å². The molecule has 1 aliphatic rings. The quantitative estimate of drug-likeness (QED) is 0.878. The lowest BCUT2D eigenvalue weighted by molar-refractivity contribution is -0.133. The summed E-state index contributed by atoms with van der Waals surface area (Å²) in [5, 5.41) is 4.01. The maximum absolute atomic E-state index is 12.2. The van der Waals surface area contributed by atoms with E-state index in [1.807, 2.05) is 11.8 Å². The Balaban J connectivity index is 1.80. The smallest absolute Gasteiger partial charge is 0.260 e. The lowest BCUT2D eigenvalue weighted by atomic mass is 9.97. The van der Waals surface area contributed by atoms with Gasteiger partial charge in [0.2, 0.25) is 0 Å². The Labute approximate surface area is 131 Å². The largest absolute Gasteiger partial charge is 0.484 e. The number of ether oxygens (including phenoxy) is 1. The standard InChI is InChI=1S/C16H23ClN2O2/c1-2-19(11-13-7-9-18-10-8-13)16(20)12-21-15-5-3-14(17)4-6-15/h3-6,13,18H,2,7-12H2,1H3. The number of likely N-dealkylation sites (N-methyl/N-ethyl adjacent to an activating group) is 1. The Morgan fingerprint density at radius 3 is 2.62 bits per heavy atom. The molecule has 1 heterocycles. The van der Waals surface area contributed by atoms with Crippen molar-refractivity contribution in [2.45, 2.75) is 19.8 Å². The first-order chi connectivity index (χ1) is 10.2. The van der Waals surface area contributed by atoms with Gasteiger partial charge in [0, 0.05) is 18.1 Å². The molecule has 1 aromatic carbocycles. The van der Waals surface area contributed by atoms with Crippen molar-refractivity contribution in [3.05, 3.63) is 29.3 Å². The maximum atomic E-state index is 12.2. The van der Waals surface area contributed by atoms with Gasteiger partial charge < -0.3 is 15.0 Å². The van der Waals surface area contributed by atoms with E-state index in [0.717, 1.165) is 39.0 Å². The minimum atomic E-state index is 0.0472. The fourth-order valence-corrected chi connectivity index (χ4v) is 2.68. The molecule has 0 aromatic heterocycles. The number of piperidine rings is 1. The second kappa shape index (κ2) is 8.25. The molecular formula is C16H23ClN2O2. The predicted molar refractivity (Wildman–Crippen MR) is 84.8 cm³/mol. The van der Waals surface area contributed by atoms with Gasteiger partial charge in [0.25, 0.3) is 5.91 Å². The summed E-state index contributed by atoms with van der Waals surface area (Å²) in [6.07, 6.45) is 2.28. The Kier molecular flexibility index (Phi) is 6.33. The van der Waals surface area contributed by atoms with Crippen molar-refractivity contribution in [2.75, 3.05) is 32.8 Å². The number of amides is 1. The summed E-state index contributed by atoms with van der Waals surface area (Å²) in [7, 11) is 0. The maximum Gasteiger partial charge on any atom is 0.260 e. The second-order valence-corrected chi connectivity index (χ2v) is 5.80. The molecule has 1 amide bonds. The van der Waals surface area contributed by atoms with Crippen LogP contribution in [0.5, 0.6) is 5.75 Å². The molecule has 0 radical (unpaired) electrons. The van der Waals surface area contributed by atoms with Crippen LogP contribution in [-0.4, -0.2) is 43.6 Å². The van der Waals surface area contributed by atoms with E-state index in [0.29, 0.717) is 16.7 Å². The summed E-state index contributed by atoms with van der Waals surface area (Å²) in [5.74, 6) is 1.32. The average molecular weight is 311 g/mol. The third-order valence-electron chi connectivity index (χ3n) is 3.85. The number of carbonyl (C=O) groups excluding carboxylic acids is 1. The molecule has 0 saturated carbocycles.